The number of aromatic nitrogens is 2. The van der Waals surface area contributed by atoms with Gasteiger partial charge in [0.1, 0.15) is 11.5 Å². The summed E-state index contributed by atoms with van der Waals surface area (Å²) in [6, 6.07) is 8.59. The van der Waals surface area contributed by atoms with Crippen molar-refractivity contribution in [1.29, 1.82) is 0 Å². The molecule has 3 aromatic rings. The van der Waals surface area contributed by atoms with Gasteiger partial charge in [-0.05, 0) is 36.4 Å². The molecule has 10 nitrogen and oxygen atoms in total. The number of ether oxygens (including phenoxy) is 6. The number of carbonyl (C=O) groups excluding carboxylic acids is 1. The molecule has 3 rings (SSSR count). The molecule has 10 heteroatoms. The summed E-state index contributed by atoms with van der Waals surface area (Å²) in [5.41, 5.74) is 1.22. The first-order chi connectivity index (χ1) is 16.0. The zero-order valence-corrected chi connectivity index (χ0v) is 18.9. The second kappa shape index (κ2) is 10.9. The minimum atomic E-state index is -0.590. The summed E-state index contributed by atoms with van der Waals surface area (Å²) in [6.45, 7) is -0.199. The Balaban J connectivity index is 1.68. The fourth-order valence-corrected chi connectivity index (χ4v) is 2.94. The number of rotatable bonds is 10. The van der Waals surface area contributed by atoms with Gasteiger partial charge in [-0.25, -0.2) is 4.79 Å². The first kappa shape index (κ1) is 23.5. The van der Waals surface area contributed by atoms with Crippen LogP contribution in [0.1, 0.15) is 11.5 Å². The number of hydrogen-bond donors (Lipinski definition) is 0. The predicted molar refractivity (Wildman–Crippen MR) is 118 cm³/mol. The quantitative estimate of drug-likeness (QED) is 0.332. The normalized spacial score (nSPS) is 10.7. The summed E-state index contributed by atoms with van der Waals surface area (Å²) in [7, 11) is 7.62. The van der Waals surface area contributed by atoms with Gasteiger partial charge in [-0.3, -0.25) is 0 Å². The van der Waals surface area contributed by atoms with Crippen molar-refractivity contribution in [3.63, 3.8) is 0 Å². The van der Waals surface area contributed by atoms with Gasteiger partial charge in [-0.15, -0.1) is 10.2 Å². The van der Waals surface area contributed by atoms with E-state index in [1.165, 1.54) is 27.4 Å². The molecule has 0 aliphatic carbocycles. The Kier molecular flexibility index (Phi) is 7.74. The predicted octanol–water partition coefficient (Wildman–Crippen LogP) is 3.54. The van der Waals surface area contributed by atoms with Crippen LogP contribution in [-0.4, -0.2) is 51.7 Å². The third-order valence-electron chi connectivity index (χ3n) is 4.55. The highest BCUT2D eigenvalue weighted by molar-refractivity contribution is 5.87. The second-order valence-corrected chi connectivity index (χ2v) is 6.46. The van der Waals surface area contributed by atoms with Gasteiger partial charge in [-0.2, -0.15) is 0 Å². The maximum Gasteiger partial charge on any atom is 0.331 e. The van der Waals surface area contributed by atoms with Gasteiger partial charge in [0.25, 0.3) is 5.89 Å². The second-order valence-electron chi connectivity index (χ2n) is 6.46. The van der Waals surface area contributed by atoms with Crippen LogP contribution in [0.15, 0.2) is 40.8 Å². The van der Waals surface area contributed by atoms with E-state index in [1.54, 1.807) is 50.6 Å². The molecular weight excluding hydrogens is 432 g/mol. The van der Waals surface area contributed by atoms with Crippen molar-refractivity contribution in [3.05, 3.63) is 47.9 Å². The lowest BCUT2D eigenvalue weighted by atomic mass is 10.1. The molecule has 174 valence electrons. The smallest absolute Gasteiger partial charge is 0.331 e. The fourth-order valence-electron chi connectivity index (χ4n) is 2.94. The number of carbonyl (C=O) groups is 1. The van der Waals surface area contributed by atoms with Gasteiger partial charge in [0.2, 0.25) is 11.6 Å². The molecule has 0 radical (unpaired) electrons. The first-order valence-corrected chi connectivity index (χ1v) is 9.72. The number of benzene rings is 2. The molecule has 0 atom stereocenters. The Hall–Kier alpha value is -4.21. The van der Waals surface area contributed by atoms with Crippen molar-refractivity contribution in [1.82, 2.24) is 10.2 Å². The van der Waals surface area contributed by atoms with E-state index in [-0.39, 0.29) is 18.4 Å². The van der Waals surface area contributed by atoms with Crippen LogP contribution in [-0.2, 0) is 16.1 Å². The van der Waals surface area contributed by atoms with Crippen LogP contribution in [0, 0.1) is 0 Å². The summed E-state index contributed by atoms with van der Waals surface area (Å²) in [4.78, 5) is 12.1. The van der Waals surface area contributed by atoms with Gasteiger partial charge in [0.15, 0.2) is 18.1 Å². The zero-order valence-electron chi connectivity index (χ0n) is 18.9. The Morgan fingerprint density at radius 3 is 2.18 bits per heavy atom. The molecule has 0 N–H and O–H groups in total. The summed E-state index contributed by atoms with van der Waals surface area (Å²) in [6.07, 6.45) is 2.84. The van der Waals surface area contributed by atoms with Crippen LogP contribution < -0.4 is 23.7 Å². The Morgan fingerprint density at radius 2 is 1.58 bits per heavy atom. The van der Waals surface area contributed by atoms with Crippen molar-refractivity contribution in [3.8, 4) is 40.2 Å². The van der Waals surface area contributed by atoms with Crippen molar-refractivity contribution < 1.29 is 37.6 Å². The number of nitrogens with zero attached hydrogens (tertiary/aromatic N) is 2. The minimum Gasteiger partial charge on any atom is -0.497 e. The monoisotopic (exact) mass is 456 g/mol. The molecule has 0 spiro atoms. The summed E-state index contributed by atoms with van der Waals surface area (Å²) in [5, 5.41) is 7.92. The number of hydrogen-bond acceptors (Lipinski definition) is 10. The lowest BCUT2D eigenvalue weighted by Crippen LogP contribution is -2.01. The molecule has 0 fully saturated rings. The van der Waals surface area contributed by atoms with E-state index in [0.717, 1.165) is 0 Å². The third kappa shape index (κ3) is 5.53. The van der Waals surface area contributed by atoms with E-state index in [9.17, 15) is 4.79 Å². The third-order valence-corrected chi connectivity index (χ3v) is 4.55. The fraction of sp³-hybridized carbons (Fsp3) is 0.261. The Morgan fingerprint density at radius 1 is 0.879 bits per heavy atom. The molecule has 1 heterocycles. The SMILES string of the molecule is COc1ccc(OC)c(/C=C/C(=O)OCc2nnc(-c3cc(OC)c(OC)c(OC)c3)o2)c1. The summed E-state index contributed by atoms with van der Waals surface area (Å²) < 4.78 is 37.2. The van der Waals surface area contributed by atoms with Crippen molar-refractivity contribution in [2.75, 3.05) is 35.5 Å². The van der Waals surface area contributed by atoms with Crippen LogP contribution in [0.5, 0.6) is 28.7 Å². The van der Waals surface area contributed by atoms with Crippen molar-refractivity contribution in [2.24, 2.45) is 0 Å². The van der Waals surface area contributed by atoms with Gasteiger partial charge >= 0.3 is 5.97 Å². The zero-order chi connectivity index (χ0) is 23.8. The van der Waals surface area contributed by atoms with Crippen LogP contribution in [0.4, 0.5) is 0 Å². The van der Waals surface area contributed by atoms with E-state index in [2.05, 4.69) is 10.2 Å². The molecule has 0 aliphatic heterocycles. The Labute approximate surface area is 190 Å². The molecule has 0 saturated carbocycles. The van der Waals surface area contributed by atoms with E-state index < -0.39 is 5.97 Å². The van der Waals surface area contributed by atoms with Crippen molar-refractivity contribution in [2.45, 2.75) is 6.61 Å². The maximum atomic E-state index is 12.1. The van der Waals surface area contributed by atoms with Crippen LogP contribution >= 0.6 is 0 Å². The minimum absolute atomic E-state index is 0.125. The van der Waals surface area contributed by atoms with E-state index in [4.69, 9.17) is 32.8 Å². The van der Waals surface area contributed by atoms with Gasteiger partial charge < -0.3 is 32.8 Å². The van der Waals surface area contributed by atoms with Gasteiger partial charge in [0, 0.05) is 17.2 Å². The first-order valence-electron chi connectivity index (χ1n) is 9.72. The van der Waals surface area contributed by atoms with E-state index in [0.29, 0.717) is 39.9 Å². The topological polar surface area (TPSA) is 111 Å². The number of esters is 1. The highest BCUT2D eigenvalue weighted by Crippen LogP contribution is 2.40. The number of methoxy groups -OCH3 is 5. The standard InChI is InChI=1S/C23H24N2O8/c1-27-16-7-8-17(28-2)14(10-16)6-9-21(26)32-13-20-24-25-23(33-20)15-11-18(29-3)22(31-5)19(12-15)30-4/h6-12H,13H2,1-5H3/b9-6+. The highest BCUT2D eigenvalue weighted by atomic mass is 16.5. The molecule has 1 aromatic heterocycles. The van der Waals surface area contributed by atoms with Gasteiger partial charge in [0.05, 0.1) is 35.5 Å². The molecule has 0 unspecified atom stereocenters. The highest BCUT2D eigenvalue weighted by Gasteiger charge is 2.18. The molecule has 0 amide bonds. The molecule has 2 aromatic carbocycles. The van der Waals surface area contributed by atoms with E-state index in [1.807, 2.05) is 0 Å². The molecular formula is C23H24N2O8. The Bertz CT molecular complexity index is 1110. The average molecular weight is 456 g/mol. The molecule has 0 aliphatic rings. The lowest BCUT2D eigenvalue weighted by Gasteiger charge is -2.12. The summed E-state index contributed by atoms with van der Waals surface area (Å²) in [5.74, 6) is 2.29. The van der Waals surface area contributed by atoms with Crippen LogP contribution in [0.3, 0.4) is 0 Å². The molecule has 0 bridgehead atoms. The maximum absolute atomic E-state index is 12.1. The molecule has 33 heavy (non-hydrogen) atoms. The molecule has 0 saturated heterocycles. The van der Waals surface area contributed by atoms with E-state index >= 15 is 0 Å². The largest absolute Gasteiger partial charge is 0.497 e. The van der Waals surface area contributed by atoms with Crippen molar-refractivity contribution >= 4 is 12.0 Å². The lowest BCUT2D eigenvalue weighted by molar-refractivity contribution is -0.139. The summed E-state index contributed by atoms with van der Waals surface area (Å²) >= 11 is 0. The average Bonchev–Trinajstić information content (AvgIpc) is 3.34. The van der Waals surface area contributed by atoms with Gasteiger partial charge in [-0.1, -0.05) is 0 Å². The van der Waals surface area contributed by atoms with Crippen LogP contribution in [0.25, 0.3) is 17.5 Å². The van der Waals surface area contributed by atoms with Crippen LogP contribution in [0.2, 0.25) is 0 Å².